The lowest BCUT2D eigenvalue weighted by Crippen LogP contribution is -2.40. The molecule has 5 nitrogen and oxygen atoms in total. The Balaban J connectivity index is 2.14. The van der Waals surface area contributed by atoms with Crippen LogP contribution in [0, 0.1) is 0 Å². The molecule has 0 aromatic carbocycles. The molecule has 0 aliphatic carbocycles. The van der Waals surface area contributed by atoms with Crippen molar-refractivity contribution in [3.63, 3.8) is 0 Å². The number of carbonyl (C=O) groups is 1. The summed E-state index contributed by atoms with van der Waals surface area (Å²) in [7, 11) is 1.60. The van der Waals surface area contributed by atoms with Gasteiger partial charge in [-0.05, 0) is 12.8 Å². The van der Waals surface area contributed by atoms with Gasteiger partial charge in [0.25, 0.3) is 0 Å². The SMILES string of the molecule is COCCONC(=O)N1CCCCCC1. The number of nitrogens with zero attached hydrogens (tertiary/aromatic N) is 1. The molecule has 2 amide bonds. The van der Waals surface area contributed by atoms with Crippen molar-refractivity contribution in [3.05, 3.63) is 0 Å². The lowest BCUT2D eigenvalue weighted by atomic mass is 10.2. The number of carbonyl (C=O) groups excluding carboxylic acids is 1. The van der Waals surface area contributed by atoms with Crippen molar-refractivity contribution < 1.29 is 14.4 Å². The molecule has 5 heteroatoms. The summed E-state index contributed by atoms with van der Waals surface area (Å²) in [5.41, 5.74) is 2.42. The highest BCUT2D eigenvalue weighted by Gasteiger charge is 2.14. The minimum atomic E-state index is -0.131. The summed E-state index contributed by atoms with van der Waals surface area (Å²) < 4.78 is 4.80. The molecule has 88 valence electrons. The number of rotatable bonds is 4. The van der Waals surface area contributed by atoms with Crippen LogP contribution >= 0.6 is 0 Å². The lowest BCUT2D eigenvalue weighted by molar-refractivity contribution is 0.0161. The van der Waals surface area contributed by atoms with Gasteiger partial charge in [-0.2, -0.15) is 0 Å². The monoisotopic (exact) mass is 216 g/mol. The van der Waals surface area contributed by atoms with E-state index in [9.17, 15) is 4.79 Å². The van der Waals surface area contributed by atoms with Gasteiger partial charge < -0.3 is 9.64 Å². The van der Waals surface area contributed by atoms with Crippen LogP contribution in [0.15, 0.2) is 0 Å². The molecular formula is C10H20N2O3. The van der Waals surface area contributed by atoms with Crippen molar-refractivity contribution in [1.82, 2.24) is 10.4 Å². The standard InChI is InChI=1S/C10H20N2O3/c1-14-8-9-15-11-10(13)12-6-4-2-3-5-7-12/h2-9H2,1H3,(H,11,13). The number of hydrogen-bond acceptors (Lipinski definition) is 3. The predicted molar refractivity (Wildman–Crippen MR) is 56.4 cm³/mol. The van der Waals surface area contributed by atoms with Gasteiger partial charge in [0.15, 0.2) is 0 Å². The van der Waals surface area contributed by atoms with Crippen LogP contribution in [0.2, 0.25) is 0 Å². The average Bonchev–Trinajstić information content (AvgIpc) is 2.52. The van der Waals surface area contributed by atoms with E-state index in [-0.39, 0.29) is 6.03 Å². The highest BCUT2D eigenvalue weighted by Crippen LogP contribution is 2.09. The molecular weight excluding hydrogens is 196 g/mol. The normalized spacial score (nSPS) is 17.3. The third-order valence-corrected chi connectivity index (χ3v) is 2.44. The Morgan fingerprint density at radius 2 is 1.87 bits per heavy atom. The van der Waals surface area contributed by atoms with Crippen molar-refractivity contribution in [2.75, 3.05) is 33.4 Å². The maximum atomic E-state index is 11.6. The van der Waals surface area contributed by atoms with E-state index in [0.29, 0.717) is 13.2 Å². The number of hydrogen-bond donors (Lipinski definition) is 1. The molecule has 0 saturated carbocycles. The Bertz CT molecular complexity index is 180. The number of likely N-dealkylation sites (tertiary alicyclic amines) is 1. The fourth-order valence-corrected chi connectivity index (χ4v) is 1.58. The van der Waals surface area contributed by atoms with Crippen LogP contribution in [0.1, 0.15) is 25.7 Å². The van der Waals surface area contributed by atoms with Gasteiger partial charge in [0.1, 0.15) is 0 Å². The first kappa shape index (κ1) is 12.3. The van der Waals surface area contributed by atoms with Crippen LogP contribution in [0.5, 0.6) is 0 Å². The molecule has 0 aromatic heterocycles. The quantitative estimate of drug-likeness (QED) is 0.566. The van der Waals surface area contributed by atoms with E-state index in [4.69, 9.17) is 9.57 Å². The number of amides is 2. The van der Waals surface area contributed by atoms with E-state index in [1.165, 1.54) is 12.8 Å². The molecule has 0 bridgehead atoms. The van der Waals surface area contributed by atoms with Gasteiger partial charge in [0.2, 0.25) is 0 Å². The maximum absolute atomic E-state index is 11.6. The fraction of sp³-hybridized carbons (Fsp3) is 0.900. The number of hydroxylamine groups is 1. The van der Waals surface area contributed by atoms with Crippen molar-refractivity contribution in [2.24, 2.45) is 0 Å². The smallest absolute Gasteiger partial charge is 0.341 e. The third kappa shape index (κ3) is 4.99. The molecule has 0 spiro atoms. The van der Waals surface area contributed by atoms with Gasteiger partial charge >= 0.3 is 6.03 Å². The first-order valence-corrected chi connectivity index (χ1v) is 5.50. The van der Waals surface area contributed by atoms with Crippen LogP contribution in [0.4, 0.5) is 4.79 Å². The summed E-state index contributed by atoms with van der Waals surface area (Å²) in [5.74, 6) is 0. The van der Waals surface area contributed by atoms with Crippen LogP contribution in [-0.2, 0) is 9.57 Å². The van der Waals surface area contributed by atoms with Crippen molar-refractivity contribution >= 4 is 6.03 Å². The zero-order valence-corrected chi connectivity index (χ0v) is 9.33. The molecule has 1 aliphatic rings. The molecule has 1 fully saturated rings. The van der Waals surface area contributed by atoms with E-state index in [1.807, 2.05) is 0 Å². The molecule has 0 radical (unpaired) electrons. The average molecular weight is 216 g/mol. The Kier molecular flexibility index (Phi) is 6.11. The van der Waals surface area contributed by atoms with Crippen molar-refractivity contribution in [3.8, 4) is 0 Å². The molecule has 1 rings (SSSR count). The number of ether oxygens (including phenoxy) is 1. The summed E-state index contributed by atoms with van der Waals surface area (Å²) in [6.45, 7) is 2.54. The first-order chi connectivity index (χ1) is 7.34. The van der Waals surface area contributed by atoms with Crippen LogP contribution in [-0.4, -0.2) is 44.3 Å². The molecule has 1 aliphatic heterocycles. The minimum Gasteiger partial charge on any atom is -0.382 e. The molecule has 0 unspecified atom stereocenters. The van der Waals surface area contributed by atoms with E-state index in [2.05, 4.69) is 5.48 Å². The summed E-state index contributed by atoms with van der Waals surface area (Å²) in [6.07, 6.45) is 4.61. The third-order valence-electron chi connectivity index (χ3n) is 2.44. The first-order valence-electron chi connectivity index (χ1n) is 5.50. The van der Waals surface area contributed by atoms with Gasteiger partial charge in [-0.3, -0.25) is 4.84 Å². The molecule has 0 atom stereocenters. The molecule has 1 saturated heterocycles. The highest BCUT2D eigenvalue weighted by atomic mass is 16.7. The predicted octanol–water partition coefficient (Wildman–Crippen LogP) is 1.15. The second-order valence-corrected chi connectivity index (χ2v) is 3.65. The Hall–Kier alpha value is -0.810. The second kappa shape index (κ2) is 7.48. The Morgan fingerprint density at radius 3 is 2.47 bits per heavy atom. The van der Waals surface area contributed by atoms with Gasteiger partial charge in [-0.1, -0.05) is 12.8 Å². The van der Waals surface area contributed by atoms with E-state index < -0.39 is 0 Å². The molecule has 1 N–H and O–H groups in total. The highest BCUT2D eigenvalue weighted by molar-refractivity contribution is 5.72. The van der Waals surface area contributed by atoms with E-state index >= 15 is 0 Å². The van der Waals surface area contributed by atoms with Crippen molar-refractivity contribution in [2.45, 2.75) is 25.7 Å². The number of methoxy groups -OCH3 is 1. The lowest BCUT2D eigenvalue weighted by Gasteiger charge is -2.20. The summed E-state index contributed by atoms with van der Waals surface area (Å²) in [4.78, 5) is 18.3. The van der Waals surface area contributed by atoms with Crippen molar-refractivity contribution in [1.29, 1.82) is 0 Å². The second-order valence-electron chi connectivity index (χ2n) is 3.65. The summed E-state index contributed by atoms with van der Waals surface area (Å²) >= 11 is 0. The number of nitrogens with one attached hydrogen (secondary N) is 1. The summed E-state index contributed by atoms with van der Waals surface area (Å²) in [6, 6.07) is -0.131. The van der Waals surface area contributed by atoms with Crippen LogP contribution < -0.4 is 5.48 Å². The maximum Gasteiger partial charge on any atom is 0.341 e. The molecule has 0 aromatic rings. The molecule has 1 heterocycles. The van der Waals surface area contributed by atoms with Gasteiger partial charge in [0.05, 0.1) is 13.2 Å². The zero-order chi connectivity index (χ0) is 10.9. The van der Waals surface area contributed by atoms with Gasteiger partial charge in [-0.15, -0.1) is 0 Å². The minimum absolute atomic E-state index is 0.131. The van der Waals surface area contributed by atoms with Crippen LogP contribution in [0.3, 0.4) is 0 Å². The van der Waals surface area contributed by atoms with E-state index in [1.54, 1.807) is 12.0 Å². The Morgan fingerprint density at radius 1 is 1.20 bits per heavy atom. The Labute approximate surface area is 90.7 Å². The summed E-state index contributed by atoms with van der Waals surface area (Å²) in [5, 5.41) is 0. The van der Waals surface area contributed by atoms with Gasteiger partial charge in [0, 0.05) is 20.2 Å². The topological polar surface area (TPSA) is 50.8 Å². The largest absolute Gasteiger partial charge is 0.382 e. The number of urea groups is 1. The van der Waals surface area contributed by atoms with Gasteiger partial charge in [-0.25, -0.2) is 10.3 Å². The van der Waals surface area contributed by atoms with E-state index in [0.717, 1.165) is 25.9 Å². The fourth-order valence-electron chi connectivity index (χ4n) is 1.58. The molecule has 15 heavy (non-hydrogen) atoms. The zero-order valence-electron chi connectivity index (χ0n) is 9.33. The van der Waals surface area contributed by atoms with Crippen LogP contribution in [0.25, 0.3) is 0 Å².